The molecule has 4 nitrogen and oxygen atoms in total. The summed E-state index contributed by atoms with van der Waals surface area (Å²) in [4.78, 5) is 6.68. The number of rotatable bonds is 2. The van der Waals surface area contributed by atoms with Crippen LogP contribution in [0.5, 0.6) is 0 Å². The molecule has 0 unspecified atom stereocenters. The first-order chi connectivity index (χ1) is 8.81. The van der Waals surface area contributed by atoms with Crippen LogP contribution in [0, 0.1) is 0 Å². The number of hydrogen-bond donors (Lipinski definition) is 1. The summed E-state index contributed by atoms with van der Waals surface area (Å²) in [5.74, 6) is 0.928. The van der Waals surface area contributed by atoms with E-state index >= 15 is 0 Å². The van der Waals surface area contributed by atoms with Gasteiger partial charge in [0.15, 0.2) is 5.11 Å². The average Bonchev–Trinajstić information content (AvgIpc) is 2.94. The van der Waals surface area contributed by atoms with E-state index in [-0.39, 0.29) is 0 Å². The highest BCUT2D eigenvalue weighted by molar-refractivity contribution is 7.80. The number of fused-ring (bicyclic) bond motifs is 3. The number of hydrogen-bond acceptors (Lipinski definition) is 2. The predicted molar refractivity (Wildman–Crippen MR) is 77.9 cm³/mol. The lowest BCUT2D eigenvalue weighted by molar-refractivity contribution is 0.825. The molecular weight excluding hydrogens is 244 g/mol. The Balaban J connectivity index is 1.96. The maximum atomic E-state index is 5.37. The highest BCUT2D eigenvalue weighted by atomic mass is 32.1. The van der Waals surface area contributed by atoms with E-state index in [0.717, 1.165) is 24.6 Å². The van der Waals surface area contributed by atoms with Gasteiger partial charge in [0.25, 0.3) is 0 Å². The number of benzene rings is 1. The number of nitrogens with one attached hydrogen (secondary N) is 1. The van der Waals surface area contributed by atoms with Crippen molar-refractivity contribution in [2.75, 3.05) is 18.0 Å². The molecule has 1 N–H and O–H groups in total. The summed E-state index contributed by atoms with van der Waals surface area (Å²) in [7, 11) is 0. The van der Waals surface area contributed by atoms with Crippen molar-refractivity contribution >= 4 is 34.3 Å². The molecule has 1 aliphatic heterocycles. The first kappa shape index (κ1) is 11.2. The van der Waals surface area contributed by atoms with E-state index in [2.05, 4.69) is 27.5 Å². The Morgan fingerprint density at radius 3 is 3.11 bits per heavy atom. The first-order valence-corrected chi connectivity index (χ1v) is 6.33. The van der Waals surface area contributed by atoms with Gasteiger partial charge in [-0.05, 0) is 24.4 Å². The van der Waals surface area contributed by atoms with Crippen molar-refractivity contribution in [3.8, 4) is 0 Å². The molecule has 0 amide bonds. The minimum atomic E-state index is 0.676. The zero-order valence-corrected chi connectivity index (χ0v) is 10.8. The highest BCUT2D eigenvalue weighted by Crippen LogP contribution is 2.26. The minimum Gasteiger partial charge on any atom is -0.359 e. The SMILES string of the molecule is C=CCNC(=S)N1CCn2c1nc1ccccc12. The Hall–Kier alpha value is -1.88. The molecule has 1 aromatic carbocycles. The second kappa shape index (κ2) is 4.42. The van der Waals surface area contributed by atoms with Gasteiger partial charge in [-0.2, -0.15) is 0 Å². The van der Waals surface area contributed by atoms with E-state index in [1.165, 1.54) is 5.52 Å². The van der Waals surface area contributed by atoms with E-state index in [1.807, 2.05) is 23.1 Å². The van der Waals surface area contributed by atoms with Crippen molar-refractivity contribution in [2.45, 2.75) is 6.54 Å². The number of para-hydroxylation sites is 2. The van der Waals surface area contributed by atoms with Crippen LogP contribution >= 0.6 is 12.2 Å². The Bertz CT molecular complexity index is 616. The molecule has 3 rings (SSSR count). The smallest absolute Gasteiger partial charge is 0.213 e. The molecule has 0 fully saturated rings. The van der Waals surface area contributed by atoms with Crippen LogP contribution in [-0.4, -0.2) is 27.8 Å². The van der Waals surface area contributed by atoms with E-state index in [0.29, 0.717) is 11.7 Å². The van der Waals surface area contributed by atoms with Crippen LogP contribution in [0.2, 0.25) is 0 Å². The monoisotopic (exact) mass is 258 g/mol. The summed E-state index contributed by atoms with van der Waals surface area (Å²) >= 11 is 5.37. The fraction of sp³-hybridized carbons (Fsp3) is 0.231. The van der Waals surface area contributed by atoms with E-state index in [1.54, 1.807) is 6.08 Å². The van der Waals surface area contributed by atoms with E-state index in [9.17, 15) is 0 Å². The lowest BCUT2D eigenvalue weighted by atomic mass is 10.3. The van der Waals surface area contributed by atoms with Gasteiger partial charge in [0.05, 0.1) is 11.0 Å². The predicted octanol–water partition coefficient (Wildman–Crippen LogP) is 1.92. The van der Waals surface area contributed by atoms with Crippen molar-refractivity contribution in [2.24, 2.45) is 0 Å². The summed E-state index contributed by atoms with van der Waals surface area (Å²) in [5, 5.41) is 3.86. The lowest BCUT2D eigenvalue weighted by Crippen LogP contribution is -2.39. The van der Waals surface area contributed by atoms with Crippen molar-refractivity contribution in [3.63, 3.8) is 0 Å². The number of imidazole rings is 1. The Morgan fingerprint density at radius 2 is 2.28 bits per heavy atom. The van der Waals surface area contributed by atoms with E-state index in [4.69, 9.17) is 12.2 Å². The summed E-state index contributed by atoms with van der Waals surface area (Å²) in [6, 6.07) is 8.16. The van der Waals surface area contributed by atoms with Gasteiger partial charge in [0.2, 0.25) is 5.95 Å². The maximum absolute atomic E-state index is 5.37. The van der Waals surface area contributed by atoms with Gasteiger partial charge in [0.1, 0.15) is 0 Å². The summed E-state index contributed by atoms with van der Waals surface area (Å²) in [6.07, 6.45) is 1.80. The van der Waals surface area contributed by atoms with Crippen LogP contribution in [0.4, 0.5) is 5.95 Å². The lowest BCUT2D eigenvalue weighted by Gasteiger charge is -2.17. The molecule has 0 spiro atoms. The van der Waals surface area contributed by atoms with Gasteiger partial charge in [-0.3, -0.25) is 4.90 Å². The molecule has 0 aliphatic carbocycles. The molecule has 0 radical (unpaired) electrons. The molecule has 2 aromatic rings. The topological polar surface area (TPSA) is 33.1 Å². The van der Waals surface area contributed by atoms with Crippen LogP contribution in [0.3, 0.4) is 0 Å². The molecule has 0 saturated carbocycles. The molecule has 2 heterocycles. The number of nitrogens with zero attached hydrogens (tertiary/aromatic N) is 3. The summed E-state index contributed by atoms with van der Waals surface area (Å²) in [6.45, 7) is 6.15. The molecule has 5 heteroatoms. The third-order valence-corrected chi connectivity index (χ3v) is 3.43. The third-order valence-electron chi connectivity index (χ3n) is 3.07. The third kappa shape index (κ3) is 1.67. The second-order valence-electron chi connectivity index (χ2n) is 4.18. The Morgan fingerprint density at radius 1 is 1.44 bits per heavy atom. The number of anilines is 1. The van der Waals surface area contributed by atoms with Crippen molar-refractivity contribution in [1.29, 1.82) is 0 Å². The van der Waals surface area contributed by atoms with Gasteiger partial charge in [-0.25, -0.2) is 4.98 Å². The van der Waals surface area contributed by atoms with Crippen LogP contribution in [0.1, 0.15) is 0 Å². The summed E-state index contributed by atoms with van der Waals surface area (Å²) in [5.41, 5.74) is 2.19. The molecule has 18 heavy (non-hydrogen) atoms. The normalized spacial score (nSPS) is 13.7. The van der Waals surface area contributed by atoms with Crippen LogP contribution < -0.4 is 10.2 Å². The fourth-order valence-corrected chi connectivity index (χ4v) is 2.49. The zero-order valence-electron chi connectivity index (χ0n) is 9.97. The van der Waals surface area contributed by atoms with Gasteiger partial charge in [-0.15, -0.1) is 6.58 Å². The Labute approximate surface area is 111 Å². The average molecular weight is 258 g/mol. The molecule has 1 aromatic heterocycles. The molecule has 0 bridgehead atoms. The molecule has 0 atom stereocenters. The van der Waals surface area contributed by atoms with E-state index < -0.39 is 0 Å². The number of aromatic nitrogens is 2. The second-order valence-corrected chi connectivity index (χ2v) is 4.57. The van der Waals surface area contributed by atoms with Gasteiger partial charge in [-0.1, -0.05) is 18.2 Å². The molecule has 0 saturated heterocycles. The fourth-order valence-electron chi connectivity index (χ4n) is 2.24. The van der Waals surface area contributed by atoms with Crippen molar-refractivity contribution in [1.82, 2.24) is 14.9 Å². The highest BCUT2D eigenvalue weighted by Gasteiger charge is 2.25. The molecule has 1 aliphatic rings. The van der Waals surface area contributed by atoms with Gasteiger partial charge in [0, 0.05) is 19.6 Å². The van der Waals surface area contributed by atoms with Crippen molar-refractivity contribution < 1.29 is 0 Å². The molecular formula is C13H14N4S. The van der Waals surface area contributed by atoms with Crippen LogP contribution in [0.15, 0.2) is 36.9 Å². The first-order valence-electron chi connectivity index (χ1n) is 5.93. The van der Waals surface area contributed by atoms with Crippen molar-refractivity contribution in [3.05, 3.63) is 36.9 Å². The van der Waals surface area contributed by atoms with Gasteiger partial charge >= 0.3 is 0 Å². The van der Waals surface area contributed by atoms with Gasteiger partial charge < -0.3 is 9.88 Å². The van der Waals surface area contributed by atoms with Crippen LogP contribution in [0.25, 0.3) is 11.0 Å². The largest absolute Gasteiger partial charge is 0.359 e. The maximum Gasteiger partial charge on any atom is 0.213 e. The quantitative estimate of drug-likeness (QED) is 0.659. The zero-order chi connectivity index (χ0) is 12.5. The Kier molecular flexibility index (Phi) is 2.76. The summed E-state index contributed by atoms with van der Waals surface area (Å²) < 4.78 is 2.21. The van der Waals surface area contributed by atoms with Crippen LogP contribution in [-0.2, 0) is 6.54 Å². The minimum absolute atomic E-state index is 0.676. The standard InChI is InChI=1S/C13H14N4S/c1-2-7-14-13(18)17-9-8-16-11-6-4-3-5-10(11)15-12(16)17/h2-6H,1,7-9H2,(H,14,18). The molecule has 92 valence electrons. The number of thiocarbonyl (C=S) groups is 1.